The Morgan fingerprint density at radius 1 is 1.05 bits per heavy atom. The summed E-state index contributed by atoms with van der Waals surface area (Å²) in [5.41, 5.74) is 1.12. The number of primary sulfonamides is 1. The molecule has 0 saturated heterocycles. The van der Waals surface area contributed by atoms with Crippen molar-refractivity contribution in [1.82, 2.24) is 0 Å². The van der Waals surface area contributed by atoms with Gasteiger partial charge in [0.2, 0.25) is 15.9 Å². The van der Waals surface area contributed by atoms with Crippen LogP contribution < -0.4 is 10.5 Å². The molecule has 0 fully saturated rings. The van der Waals surface area contributed by atoms with E-state index >= 15 is 0 Å². The second-order valence-corrected chi connectivity index (χ2v) is 6.33. The van der Waals surface area contributed by atoms with E-state index in [9.17, 15) is 13.2 Å². The smallest absolute Gasteiger partial charge is 0.246 e. The molecule has 2 aromatic carbocycles. The predicted octanol–water partition coefficient (Wildman–Crippen LogP) is 2.25. The maximum atomic E-state index is 12.0. The molecule has 0 unspecified atom stereocenters. The zero-order chi connectivity index (χ0) is 15.5. The molecule has 0 heterocycles. The average Bonchev–Trinajstić information content (AvgIpc) is 2.47. The third-order valence-electron chi connectivity index (χ3n) is 2.77. The molecule has 0 aliphatic carbocycles. The van der Waals surface area contributed by atoms with Crippen LogP contribution in [0.25, 0.3) is 0 Å². The van der Waals surface area contributed by atoms with Crippen LogP contribution in [0.5, 0.6) is 0 Å². The molecular weight excluding hydrogens is 312 g/mol. The topological polar surface area (TPSA) is 89.3 Å². The summed E-state index contributed by atoms with van der Waals surface area (Å²) in [4.78, 5) is 12.0. The minimum atomic E-state index is -3.75. The second kappa shape index (κ2) is 6.26. The minimum absolute atomic E-state index is 0.0222. The highest BCUT2D eigenvalue weighted by Crippen LogP contribution is 2.22. The lowest BCUT2D eigenvalue weighted by molar-refractivity contribution is -0.116. The summed E-state index contributed by atoms with van der Waals surface area (Å²) < 4.78 is 22.3. The van der Waals surface area contributed by atoms with E-state index in [4.69, 9.17) is 16.7 Å². The summed E-state index contributed by atoms with van der Waals surface area (Å²) in [6.45, 7) is 0. The lowest BCUT2D eigenvalue weighted by Gasteiger charge is -2.11. The Morgan fingerprint density at radius 3 is 2.14 bits per heavy atom. The molecule has 0 aliphatic heterocycles. The van der Waals surface area contributed by atoms with Gasteiger partial charge in [0.15, 0.2) is 0 Å². The Balaban J connectivity index is 2.10. The standard InChI is InChI=1S/C14H13ClN2O3S/c15-13(10-4-2-1-3-5-10)14(18)17-11-6-8-12(9-7-11)21(16,19)20/h1-9,13H,(H,17,18)(H2,16,19,20)/t13-/m0/s1. The Hall–Kier alpha value is -1.89. The van der Waals surface area contributed by atoms with Crippen molar-refractivity contribution in [1.29, 1.82) is 0 Å². The molecule has 5 nitrogen and oxygen atoms in total. The van der Waals surface area contributed by atoms with Crippen molar-refractivity contribution in [3.05, 3.63) is 60.2 Å². The quantitative estimate of drug-likeness (QED) is 0.845. The number of hydrogen-bond donors (Lipinski definition) is 2. The molecule has 0 spiro atoms. The fourth-order valence-electron chi connectivity index (χ4n) is 1.71. The lowest BCUT2D eigenvalue weighted by Crippen LogP contribution is -2.17. The molecule has 2 aromatic rings. The summed E-state index contributed by atoms with van der Waals surface area (Å²) in [6.07, 6.45) is 0. The number of rotatable bonds is 4. The van der Waals surface area contributed by atoms with E-state index in [0.717, 1.165) is 0 Å². The number of nitrogens with one attached hydrogen (secondary N) is 1. The normalized spacial score (nSPS) is 12.7. The van der Waals surface area contributed by atoms with Crippen LogP contribution in [0.15, 0.2) is 59.5 Å². The maximum Gasteiger partial charge on any atom is 0.246 e. The summed E-state index contributed by atoms with van der Waals surface area (Å²) in [5.74, 6) is -0.397. The highest BCUT2D eigenvalue weighted by atomic mass is 35.5. The Labute approximate surface area is 127 Å². The van der Waals surface area contributed by atoms with Gasteiger partial charge >= 0.3 is 0 Å². The van der Waals surface area contributed by atoms with E-state index in [1.165, 1.54) is 24.3 Å². The summed E-state index contributed by atoms with van der Waals surface area (Å²) >= 11 is 6.08. The second-order valence-electron chi connectivity index (χ2n) is 4.33. The van der Waals surface area contributed by atoms with Crippen LogP contribution in [-0.4, -0.2) is 14.3 Å². The van der Waals surface area contributed by atoms with Crippen molar-refractivity contribution in [2.24, 2.45) is 5.14 Å². The highest BCUT2D eigenvalue weighted by Gasteiger charge is 2.17. The monoisotopic (exact) mass is 324 g/mol. The minimum Gasteiger partial charge on any atom is -0.325 e. The van der Waals surface area contributed by atoms with E-state index in [1.54, 1.807) is 24.3 Å². The van der Waals surface area contributed by atoms with Gasteiger partial charge in [-0.3, -0.25) is 4.79 Å². The third-order valence-corrected chi connectivity index (χ3v) is 4.15. The van der Waals surface area contributed by atoms with Gasteiger partial charge in [-0.15, -0.1) is 11.6 Å². The van der Waals surface area contributed by atoms with Gasteiger partial charge < -0.3 is 5.32 Å². The Kier molecular flexibility index (Phi) is 4.62. The fraction of sp³-hybridized carbons (Fsp3) is 0.0714. The Bertz CT molecular complexity index is 731. The summed E-state index contributed by atoms with van der Waals surface area (Å²) in [7, 11) is -3.75. The number of amides is 1. The van der Waals surface area contributed by atoms with E-state index in [-0.39, 0.29) is 4.90 Å². The number of carbonyl (C=O) groups is 1. The number of benzene rings is 2. The van der Waals surface area contributed by atoms with Gasteiger partial charge in [0, 0.05) is 5.69 Å². The van der Waals surface area contributed by atoms with Gasteiger partial charge in [-0.25, -0.2) is 13.6 Å². The lowest BCUT2D eigenvalue weighted by atomic mass is 10.1. The molecular formula is C14H13ClN2O3S. The van der Waals surface area contributed by atoms with Crippen LogP contribution in [0.3, 0.4) is 0 Å². The molecule has 1 atom stereocenters. The van der Waals surface area contributed by atoms with E-state index in [0.29, 0.717) is 11.3 Å². The van der Waals surface area contributed by atoms with Crippen molar-refractivity contribution < 1.29 is 13.2 Å². The maximum absolute atomic E-state index is 12.0. The summed E-state index contributed by atoms with van der Waals surface area (Å²) in [6, 6.07) is 14.4. The first-order valence-corrected chi connectivity index (χ1v) is 7.99. The van der Waals surface area contributed by atoms with Crippen LogP contribution in [0.2, 0.25) is 0 Å². The molecule has 7 heteroatoms. The van der Waals surface area contributed by atoms with Gasteiger partial charge in [0.1, 0.15) is 5.38 Å². The van der Waals surface area contributed by atoms with E-state index < -0.39 is 21.3 Å². The largest absolute Gasteiger partial charge is 0.325 e. The third kappa shape index (κ3) is 4.04. The van der Waals surface area contributed by atoms with Crippen LogP contribution >= 0.6 is 11.6 Å². The molecule has 0 bridgehead atoms. The number of alkyl halides is 1. The SMILES string of the molecule is NS(=O)(=O)c1ccc(NC(=O)[C@@H](Cl)c2ccccc2)cc1. The first-order chi connectivity index (χ1) is 9.88. The molecule has 0 radical (unpaired) electrons. The van der Waals surface area contributed by atoms with Gasteiger partial charge in [-0.1, -0.05) is 30.3 Å². The van der Waals surface area contributed by atoms with Crippen molar-refractivity contribution in [2.45, 2.75) is 10.3 Å². The zero-order valence-corrected chi connectivity index (χ0v) is 12.4. The van der Waals surface area contributed by atoms with Crippen LogP contribution in [0.1, 0.15) is 10.9 Å². The van der Waals surface area contributed by atoms with Crippen LogP contribution in [0, 0.1) is 0 Å². The molecule has 2 rings (SSSR count). The summed E-state index contributed by atoms with van der Waals surface area (Å²) in [5, 5.41) is 6.78. The number of carbonyl (C=O) groups excluding carboxylic acids is 1. The molecule has 3 N–H and O–H groups in total. The van der Waals surface area contributed by atoms with Gasteiger partial charge in [0.25, 0.3) is 0 Å². The van der Waals surface area contributed by atoms with Crippen molar-refractivity contribution >= 4 is 33.2 Å². The first kappa shape index (κ1) is 15.5. The molecule has 0 saturated carbocycles. The van der Waals surface area contributed by atoms with Gasteiger partial charge in [0.05, 0.1) is 4.90 Å². The van der Waals surface area contributed by atoms with Crippen LogP contribution in [-0.2, 0) is 14.8 Å². The first-order valence-electron chi connectivity index (χ1n) is 6.00. The van der Waals surface area contributed by atoms with Gasteiger partial charge in [-0.05, 0) is 29.8 Å². The van der Waals surface area contributed by atoms with Crippen LogP contribution in [0.4, 0.5) is 5.69 Å². The van der Waals surface area contributed by atoms with E-state index in [2.05, 4.69) is 5.32 Å². The van der Waals surface area contributed by atoms with Crippen molar-refractivity contribution in [3.63, 3.8) is 0 Å². The predicted molar refractivity (Wildman–Crippen MR) is 81.5 cm³/mol. The highest BCUT2D eigenvalue weighted by molar-refractivity contribution is 7.89. The Morgan fingerprint density at radius 2 is 1.62 bits per heavy atom. The number of anilines is 1. The molecule has 0 aromatic heterocycles. The van der Waals surface area contributed by atoms with Gasteiger partial charge in [-0.2, -0.15) is 0 Å². The number of hydrogen-bond acceptors (Lipinski definition) is 3. The van der Waals surface area contributed by atoms with Crippen molar-refractivity contribution in [2.75, 3.05) is 5.32 Å². The zero-order valence-electron chi connectivity index (χ0n) is 10.9. The fourth-order valence-corrected chi connectivity index (χ4v) is 2.42. The number of nitrogens with two attached hydrogens (primary N) is 1. The number of halogens is 1. The molecule has 21 heavy (non-hydrogen) atoms. The number of sulfonamides is 1. The molecule has 110 valence electrons. The van der Waals surface area contributed by atoms with E-state index in [1.807, 2.05) is 6.07 Å². The molecule has 1 amide bonds. The van der Waals surface area contributed by atoms with Crippen molar-refractivity contribution in [3.8, 4) is 0 Å². The molecule has 0 aliphatic rings. The average molecular weight is 325 g/mol.